The Labute approximate surface area is 91.3 Å². The van der Waals surface area contributed by atoms with Crippen LogP contribution < -0.4 is 0 Å². The van der Waals surface area contributed by atoms with Crippen LogP contribution in [0.3, 0.4) is 0 Å². The van der Waals surface area contributed by atoms with Gasteiger partial charge in [-0.2, -0.15) is 0 Å². The Kier molecular flexibility index (Phi) is 5.52. The quantitative estimate of drug-likeness (QED) is 0.639. The SMILES string of the molecule is CCC(CCCO[C]=O)c1ccccc1. The zero-order chi connectivity index (χ0) is 10.9. The number of hydrogen-bond acceptors (Lipinski definition) is 2. The summed E-state index contributed by atoms with van der Waals surface area (Å²) in [6.45, 7) is 4.11. The molecule has 1 rings (SSSR count). The van der Waals surface area contributed by atoms with Crippen molar-refractivity contribution in [1.29, 1.82) is 0 Å². The fraction of sp³-hybridized carbons (Fsp3) is 0.462. The summed E-state index contributed by atoms with van der Waals surface area (Å²) in [5, 5.41) is 0. The predicted molar refractivity (Wildman–Crippen MR) is 60.4 cm³/mol. The number of rotatable bonds is 7. The van der Waals surface area contributed by atoms with Crippen molar-refractivity contribution in [2.75, 3.05) is 6.61 Å². The van der Waals surface area contributed by atoms with Gasteiger partial charge in [-0.15, -0.1) is 0 Å². The third-order valence-electron chi connectivity index (χ3n) is 2.62. The highest BCUT2D eigenvalue weighted by Gasteiger charge is 2.07. The highest BCUT2D eigenvalue weighted by molar-refractivity contribution is 5.38. The molecule has 1 aromatic rings. The molecule has 0 saturated carbocycles. The van der Waals surface area contributed by atoms with Crippen molar-refractivity contribution in [3.8, 4) is 0 Å². The van der Waals surface area contributed by atoms with Crippen molar-refractivity contribution in [3.63, 3.8) is 0 Å². The summed E-state index contributed by atoms with van der Waals surface area (Å²) in [6.07, 6.45) is 3.08. The van der Waals surface area contributed by atoms with Crippen LogP contribution >= 0.6 is 0 Å². The van der Waals surface area contributed by atoms with Gasteiger partial charge in [0, 0.05) is 0 Å². The van der Waals surface area contributed by atoms with Crippen molar-refractivity contribution in [3.05, 3.63) is 35.9 Å². The molecule has 0 fully saturated rings. The maximum Gasteiger partial charge on any atom is 0.417 e. The van der Waals surface area contributed by atoms with Crippen molar-refractivity contribution >= 4 is 6.47 Å². The molecule has 81 valence electrons. The van der Waals surface area contributed by atoms with E-state index in [1.165, 1.54) is 12.0 Å². The molecule has 0 amide bonds. The van der Waals surface area contributed by atoms with Crippen LogP contribution in [-0.4, -0.2) is 13.1 Å². The topological polar surface area (TPSA) is 26.3 Å². The second-order valence-corrected chi connectivity index (χ2v) is 3.59. The summed E-state index contributed by atoms with van der Waals surface area (Å²) in [5.74, 6) is 0.571. The van der Waals surface area contributed by atoms with Gasteiger partial charge in [0.2, 0.25) is 0 Å². The van der Waals surface area contributed by atoms with Gasteiger partial charge >= 0.3 is 6.47 Å². The summed E-state index contributed by atoms with van der Waals surface area (Å²) in [5.41, 5.74) is 1.37. The van der Waals surface area contributed by atoms with Crippen LogP contribution in [0.15, 0.2) is 30.3 Å². The van der Waals surface area contributed by atoms with E-state index in [0.29, 0.717) is 12.5 Å². The molecule has 0 spiro atoms. The summed E-state index contributed by atoms with van der Waals surface area (Å²) < 4.78 is 4.56. The van der Waals surface area contributed by atoms with Gasteiger partial charge in [-0.05, 0) is 30.7 Å². The molecular formula is C13H17O2. The molecule has 0 aromatic heterocycles. The molecule has 15 heavy (non-hydrogen) atoms. The Morgan fingerprint density at radius 1 is 1.33 bits per heavy atom. The lowest BCUT2D eigenvalue weighted by atomic mass is 9.92. The highest BCUT2D eigenvalue weighted by atomic mass is 16.5. The first-order valence-corrected chi connectivity index (χ1v) is 5.42. The maximum absolute atomic E-state index is 9.84. The monoisotopic (exact) mass is 205 g/mol. The molecule has 0 saturated heterocycles. The van der Waals surface area contributed by atoms with E-state index < -0.39 is 0 Å². The van der Waals surface area contributed by atoms with E-state index in [0.717, 1.165) is 19.3 Å². The molecule has 1 aromatic carbocycles. The largest absolute Gasteiger partial charge is 0.457 e. The Balaban J connectivity index is 2.39. The normalized spacial score (nSPS) is 12.1. The van der Waals surface area contributed by atoms with Crippen LogP contribution in [0.4, 0.5) is 0 Å². The molecule has 0 N–H and O–H groups in total. The fourth-order valence-electron chi connectivity index (χ4n) is 1.78. The molecule has 0 bridgehead atoms. The number of carbonyl (C=O) groups excluding carboxylic acids is 1. The molecule has 2 nitrogen and oxygen atoms in total. The molecule has 0 heterocycles. The summed E-state index contributed by atoms with van der Waals surface area (Å²) in [6, 6.07) is 10.5. The van der Waals surface area contributed by atoms with Crippen LogP contribution in [0.1, 0.15) is 37.7 Å². The van der Waals surface area contributed by atoms with Crippen LogP contribution in [0.5, 0.6) is 0 Å². The molecule has 0 aliphatic heterocycles. The molecule has 0 aliphatic carbocycles. The first-order valence-electron chi connectivity index (χ1n) is 5.42. The van der Waals surface area contributed by atoms with Gasteiger partial charge in [0.25, 0.3) is 0 Å². The summed E-state index contributed by atoms with van der Waals surface area (Å²) in [4.78, 5) is 9.84. The third-order valence-corrected chi connectivity index (χ3v) is 2.62. The average Bonchev–Trinajstić information content (AvgIpc) is 2.30. The second-order valence-electron chi connectivity index (χ2n) is 3.59. The minimum atomic E-state index is 0.479. The maximum atomic E-state index is 9.84. The van der Waals surface area contributed by atoms with Crippen molar-refractivity contribution < 1.29 is 9.53 Å². The van der Waals surface area contributed by atoms with E-state index >= 15 is 0 Å². The molecule has 1 unspecified atom stereocenters. The Morgan fingerprint density at radius 2 is 2.07 bits per heavy atom. The van der Waals surface area contributed by atoms with Gasteiger partial charge in [0.15, 0.2) is 0 Å². The minimum Gasteiger partial charge on any atom is -0.457 e. The summed E-state index contributed by atoms with van der Waals surface area (Å²) >= 11 is 0. The first kappa shape index (κ1) is 11.8. The van der Waals surface area contributed by atoms with Crippen LogP contribution in [-0.2, 0) is 9.53 Å². The Morgan fingerprint density at radius 3 is 2.67 bits per heavy atom. The fourth-order valence-corrected chi connectivity index (χ4v) is 1.78. The molecule has 1 radical (unpaired) electrons. The van der Waals surface area contributed by atoms with Crippen LogP contribution in [0.2, 0.25) is 0 Å². The lowest BCUT2D eigenvalue weighted by Crippen LogP contribution is -2.00. The molecular weight excluding hydrogens is 188 g/mol. The third kappa shape index (κ3) is 4.15. The lowest BCUT2D eigenvalue weighted by Gasteiger charge is -2.14. The number of benzene rings is 1. The van der Waals surface area contributed by atoms with Gasteiger partial charge in [0.1, 0.15) is 0 Å². The van der Waals surface area contributed by atoms with E-state index in [1.54, 1.807) is 0 Å². The standard InChI is InChI=1S/C13H17O2/c1-2-12(9-6-10-15-11-14)13-7-4-3-5-8-13/h3-5,7-8,12H,2,6,9-10H2,1H3. The Hall–Kier alpha value is -1.31. The van der Waals surface area contributed by atoms with E-state index in [4.69, 9.17) is 0 Å². The zero-order valence-corrected chi connectivity index (χ0v) is 9.11. The number of hydrogen-bond donors (Lipinski definition) is 0. The zero-order valence-electron chi connectivity index (χ0n) is 9.11. The van der Waals surface area contributed by atoms with E-state index in [9.17, 15) is 4.79 Å². The van der Waals surface area contributed by atoms with Crippen LogP contribution in [0, 0.1) is 0 Å². The molecule has 1 atom stereocenters. The van der Waals surface area contributed by atoms with Gasteiger partial charge < -0.3 is 4.74 Å². The lowest BCUT2D eigenvalue weighted by molar-refractivity contribution is 0.266. The molecule has 0 aliphatic rings. The predicted octanol–water partition coefficient (Wildman–Crippen LogP) is 3.04. The first-order chi connectivity index (χ1) is 7.38. The Bertz CT molecular complexity index is 269. The van der Waals surface area contributed by atoms with Gasteiger partial charge in [0.05, 0.1) is 6.61 Å². The van der Waals surface area contributed by atoms with Crippen LogP contribution in [0.25, 0.3) is 0 Å². The second kappa shape index (κ2) is 7.04. The van der Waals surface area contributed by atoms with Gasteiger partial charge in [-0.1, -0.05) is 37.3 Å². The van der Waals surface area contributed by atoms with Crippen molar-refractivity contribution in [2.24, 2.45) is 0 Å². The van der Waals surface area contributed by atoms with Crippen molar-refractivity contribution in [1.82, 2.24) is 0 Å². The van der Waals surface area contributed by atoms with Gasteiger partial charge in [-0.3, -0.25) is 0 Å². The van der Waals surface area contributed by atoms with Gasteiger partial charge in [-0.25, -0.2) is 4.79 Å². The smallest absolute Gasteiger partial charge is 0.417 e. The van der Waals surface area contributed by atoms with E-state index in [1.807, 2.05) is 6.07 Å². The molecule has 2 heteroatoms. The number of ether oxygens (including phenoxy) is 1. The summed E-state index contributed by atoms with van der Waals surface area (Å²) in [7, 11) is 0. The van der Waals surface area contributed by atoms with Crippen molar-refractivity contribution in [2.45, 2.75) is 32.1 Å². The van der Waals surface area contributed by atoms with E-state index in [-0.39, 0.29) is 0 Å². The highest BCUT2D eigenvalue weighted by Crippen LogP contribution is 2.24. The average molecular weight is 205 g/mol. The minimum absolute atomic E-state index is 0.479. The van der Waals surface area contributed by atoms with E-state index in [2.05, 4.69) is 35.9 Å².